The molecule has 1 atom stereocenters. The van der Waals surface area contributed by atoms with Crippen LogP contribution in [0, 0.1) is 5.92 Å². The minimum absolute atomic E-state index is 0.148. The molecule has 0 heterocycles. The fourth-order valence-corrected chi connectivity index (χ4v) is 1.73. The molecule has 3 nitrogen and oxygen atoms in total. The van der Waals surface area contributed by atoms with Crippen LogP contribution in [-0.2, 0) is 16.6 Å². The average Bonchev–Trinajstić information content (AvgIpc) is 2.25. The van der Waals surface area contributed by atoms with E-state index in [0.717, 1.165) is 5.56 Å². The van der Waals surface area contributed by atoms with E-state index in [-0.39, 0.29) is 17.2 Å². The van der Waals surface area contributed by atoms with Crippen LogP contribution in [0.3, 0.4) is 0 Å². The van der Waals surface area contributed by atoms with Gasteiger partial charge in [0, 0.05) is 6.54 Å². The lowest BCUT2D eigenvalue weighted by molar-refractivity contribution is -0.121. The quantitative estimate of drug-likeness (QED) is 0.830. The second-order valence-corrected chi connectivity index (χ2v) is 5.49. The van der Waals surface area contributed by atoms with Gasteiger partial charge in [0.1, 0.15) is 0 Å². The molecule has 94 valence electrons. The summed E-state index contributed by atoms with van der Waals surface area (Å²) in [5.74, 6) is -0.595. The van der Waals surface area contributed by atoms with E-state index in [1.54, 1.807) is 0 Å². The van der Waals surface area contributed by atoms with Crippen molar-refractivity contribution < 1.29 is 4.79 Å². The number of benzene rings is 1. The molecule has 0 fully saturated rings. The van der Waals surface area contributed by atoms with Gasteiger partial charge >= 0.3 is 0 Å². The molecule has 0 aromatic heterocycles. The molecule has 3 heteroatoms. The van der Waals surface area contributed by atoms with Gasteiger partial charge < -0.3 is 11.5 Å². The lowest BCUT2D eigenvalue weighted by Crippen LogP contribution is -2.31. The van der Waals surface area contributed by atoms with Crippen molar-refractivity contribution in [2.24, 2.45) is 17.4 Å². The normalized spacial score (nSPS) is 13.4. The fourth-order valence-electron chi connectivity index (χ4n) is 1.73. The van der Waals surface area contributed by atoms with Crippen LogP contribution in [0.15, 0.2) is 24.3 Å². The highest BCUT2D eigenvalue weighted by atomic mass is 16.1. The molecule has 1 aromatic rings. The smallest absolute Gasteiger partial charge is 0.222 e. The van der Waals surface area contributed by atoms with Crippen LogP contribution in [0.5, 0.6) is 0 Å². The van der Waals surface area contributed by atoms with Crippen LogP contribution in [-0.4, -0.2) is 12.5 Å². The topological polar surface area (TPSA) is 69.1 Å². The van der Waals surface area contributed by atoms with Crippen molar-refractivity contribution in [3.63, 3.8) is 0 Å². The van der Waals surface area contributed by atoms with Crippen LogP contribution in [0.4, 0.5) is 0 Å². The second kappa shape index (κ2) is 5.32. The Hall–Kier alpha value is -1.35. The summed E-state index contributed by atoms with van der Waals surface area (Å²) in [5.41, 5.74) is 13.3. The van der Waals surface area contributed by atoms with Crippen LogP contribution in [0.25, 0.3) is 0 Å². The zero-order chi connectivity index (χ0) is 13.1. The standard InChI is InChI=1S/C14H22N2O/c1-14(2,3)12-6-4-10(5-7-12)8-11(9-15)13(16)17/h4-7,11H,8-9,15H2,1-3H3,(H2,16,17). The zero-order valence-corrected chi connectivity index (χ0v) is 10.9. The highest BCUT2D eigenvalue weighted by molar-refractivity contribution is 5.77. The van der Waals surface area contributed by atoms with Crippen molar-refractivity contribution in [3.8, 4) is 0 Å². The van der Waals surface area contributed by atoms with Crippen molar-refractivity contribution >= 4 is 5.91 Å². The fraction of sp³-hybridized carbons (Fsp3) is 0.500. The molecule has 1 aromatic carbocycles. The van der Waals surface area contributed by atoms with Gasteiger partial charge in [-0.05, 0) is 23.0 Å². The summed E-state index contributed by atoms with van der Waals surface area (Å²) < 4.78 is 0. The van der Waals surface area contributed by atoms with Gasteiger partial charge in [-0.2, -0.15) is 0 Å². The van der Waals surface area contributed by atoms with Crippen LogP contribution >= 0.6 is 0 Å². The summed E-state index contributed by atoms with van der Waals surface area (Å²) >= 11 is 0. The Morgan fingerprint density at radius 2 is 1.76 bits per heavy atom. The molecule has 0 saturated heterocycles. The summed E-state index contributed by atoms with van der Waals surface area (Å²) in [6.07, 6.45) is 0.621. The van der Waals surface area contributed by atoms with Gasteiger partial charge in [0.2, 0.25) is 5.91 Å². The van der Waals surface area contributed by atoms with E-state index in [2.05, 4.69) is 32.9 Å². The molecule has 0 bridgehead atoms. The summed E-state index contributed by atoms with van der Waals surface area (Å²) in [5, 5.41) is 0. The molecule has 0 aliphatic carbocycles. The Balaban J connectivity index is 2.78. The van der Waals surface area contributed by atoms with E-state index in [9.17, 15) is 4.79 Å². The number of primary amides is 1. The second-order valence-electron chi connectivity index (χ2n) is 5.49. The monoisotopic (exact) mass is 234 g/mol. The summed E-state index contributed by atoms with van der Waals surface area (Å²) in [6, 6.07) is 8.30. The van der Waals surface area contributed by atoms with Crippen LogP contribution < -0.4 is 11.5 Å². The first-order chi connectivity index (χ1) is 7.84. The number of carbonyl (C=O) groups is 1. The molecular weight excluding hydrogens is 212 g/mol. The predicted molar refractivity (Wildman–Crippen MR) is 70.6 cm³/mol. The van der Waals surface area contributed by atoms with Gasteiger partial charge in [0.25, 0.3) is 0 Å². The molecule has 1 amide bonds. The number of carbonyl (C=O) groups excluding carboxylic acids is 1. The molecule has 0 aliphatic rings. The van der Waals surface area contributed by atoms with Crippen molar-refractivity contribution in [1.29, 1.82) is 0 Å². The molecule has 0 radical (unpaired) electrons. The van der Waals surface area contributed by atoms with E-state index in [0.29, 0.717) is 13.0 Å². The molecule has 0 saturated carbocycles. The van der Waals surface area contributed by atoms with Crippen LogP contribution in [0.1, 0.15) is 31.9 Å². The average molecular weight is 234 g/mol. The van der Waals surface area contributed by atoms with E-state index >= 15 is 0 Å². The largest absolute Gasteiger partial charge is 0.369 e. The number of nitrogens with two attached hydrogens (primary N) is 2. The molecule has 1 unspecified atom stereocenters. The highest BCUT2D eigenvalue weighted by Gasteiger charge is 2.16. The third-order valence-corrected chi connectivity index (χ3v) is 2.99. The maximum Gasteiger partial charge on any atom is 0.222 e. The lowest BCUT2D eigenvalue weighted by atomic mass is 9.86. The zero-order valence-electron chi connectivity index (χ0n) is 10.9. The third kappa shape index (κ3) is 3.86. The number of hydrogen-bond acceptors (Lipinski definition) is 2. The first-order valence-electron chi connectivity index (χ1n) is 5.93. The third-order valence-electron chi connectivity index (χ3n) is 2.99. The Morgan fingerprint density at radius 1 is 1.24 bits per heavy atom. The Labute approximate surface area is 103 Å². The van der Waals surface area contributed by atoms with Gasteiger partial charge in [0.05, 0.1) is 5.92 Å². The van der Waals surface area contributed by atoms with Gasteiger partial charge in [-0.25, -0.2) is 0 Å². The van der Waals surface area contributed by atoms with Crippen molar-refractivity contribution in [2.75, 3.05) is 6.54 Å². The molecule has 1 rings (SSSR count). The van der Waals surface area contributed by atoms with Crippen molar-refractivity contribution in [1.82, 2.24) is 0 Å². The Morgan fingerprint density at radius 3 is 2.12 bits per heavy atom. The van der Waals surface area contributed by atoms with E-state index in [1.165, 1.54) is 5.56 Å². The molecule has 4 N–H and O–H groups in total. The van der Waals surface area contributed by atoms with E-state index < -0.39 is 0 Å². The molecule has 0 aliphatic heterocycles. The predicted octanol–water partition coefficient (Wildman–Crippen LogP) is 1.59. The first-order valence-corrected chi connectivity index (χ1v) is 5.93. The van der Waals surface area contributed by atoms with Gasteiger partial charge in [-0.1, -0.05) is 45.0 Å². The van der Waals surface area contributed by atoms with E-state index in [1.807, 2.05) is 12.1 Å². The Bertz CT molecular complexity index is 376. The summed E-state index contributed by atoms with van der Waals surface area (Å²) in [6.45, 7) is 6.83. The number of amides is 1. The SMILES string of the molecule is CC(C)(C)c1ccc(CC(CN)C(N)=O)cc1. The summed E-state index contributed by atoms with van der Waals surface area (Å²) in [4.78, 5) is 11.1. The van der Waals surface area contributed by atoms with E-state index in [4.69, 9.17) is 11.5 Å². The lowest BCUT2D eigenvalue weighted by Gasteiger charge is -2.19. The minimum Gasteiger partial charge on any atom is -0.369 e. The minimum atomic E-state index is -0.326. The van der Waals surface area contributed by atoms with Crippen molar-refractivity contribution in [3.05, 3.63) is 35.4 Å². The first kappa shape index (κ1) is 13.7. The Kier molecular flexibility index (Phi) is 4.29. The highest BCUT2D eigenvalue weighted by Crippen LogP contribution is 2.22. The summed E-state index contributed by atoms with van der Waals surface area (Å²) in [7, 11) is 0. The molecule has 17 heavy (non-hydrogen) atoms. The maximum absolute atomic E-state index is 11.1. The number of rotatable bonds is 4. The van der Waals surface area contributed by atoms with Gasteiger partial charge in [-0.3, -0.25) is 4.79 Å². The van der Waals surface area contributed by atoms with Crippen molar-refractivity contribution in [2.45, 2.75) is 32.6 Å². The van der Waals surface area contributed by atoms with Gasteiger partial charge in [0.15, 0.2) is 0 Å². The molecular formula is C14H22N2O. The molecule has 0 spiro atoms. The van der Waals surface area contributed by atoms with Crippen LogP contribution in [0.2, 0.25) is 0 Å². The van der Waals surface area contributed by atoms with Gasteiger partial charge in [-0.15, -0.1) is 0 Å². The number of hydrogen-bond donors (Lipinski definition) is 2. The maximum atomic E-state index is 11.1.